The summed E-state index contributed by atoms with van der Waals surface area (Å²) in [7, 11) is 1.63. The van der Waals surface area contributed by atoms with Crippen molar-refractivity contribution in [2.24, 2.45) is 5.92 Å². The van der Waals surface area contributed by atoms with Gasteiger partial charge in [-0.2, -0.15) is 0 Å². The molecule has 0 unspecified atom stereocenters. The van der Waals surface area contributed by atoms with Crippen LogP contribution >= 0.6 is 0 Å². The Morgan fingerprint density at radius 3 is 2.75 bits per heavy atom. The lowest BCUT2D eigenvalue weighted by molar-refractivity contribution is -0.132. The standard InChI is InChI=1S/C21H22N2O5/c1-26-16-5-2-14(3-6-16)8-10-22-20(24)17-9-11-23(21(17)25)15-4-7-18-19(12-15)28-13-27-18/h2-7,12,17H,8-11,13H2,1H3,(H,22,24)/t17-/m0/s1. The minimum atomic E-state index is -0.652. The average molecular weight is 382 g/mol. The third-order valence-electron chi connectivity index (χ3n) is 5.06. The molecule has 2 aliphatic heterocycles. The summed E-state index contributed by atoms with van der Waals surface area (Å²) in [6.45, 7) is 1.18. The van der Waals surface area contributed by atoms with Crippen LogP contribution in [0.15, 0.2) is 42.5 Å². The zero-order valence-electron chi connectivity index (χ0n) is 15.6. The normalized spacial score (nSPS) is 17.7. The molecule has 2 aliphatic rings. The second-order valence-corrected chi connectivity index (χ2v) is 6.76. The number of carbonyl (C=O) groups is 2. The SMILES string of the molecule is COc1ccc(CCNC(=O)[C@@H]2CCN(c3ccc4c(c3)OCO4)C2=O)cc1. The molecule has 2 amide bonds. The Balaban J connectivity index is 1.32. The number of nitrogens with zero attached hydrogens (tertiary/aromatic N) is 1. The van der Waals surface area contributed by atoms with Gasteiger partial charge in [-0.1, -0.05) is 12.1 Å². The number of fused-ring (bicyclic) bond motifs is 1. The lowest BCUT2D eigenvalue weighted by atomic mass is 10.1. The van der Waals surface area contributed by atoms with Crippen LogP contribution in [0.4, 0.5) is 5.69 Å². The van der Waals surface area contributed by atoms with Gasteiger partial charge in [0.2, 0.25) is 18.6 Å². The second kappa shape index (κ2) is 7.80. The molecule has 0 spiro atoms. The van der Waals surface area contributed by atoms with E-state index in [2.05, 4.69) is 5.32 Å². The first-order chi connectivity index (χ1) is 13.7. The number of methoxy groups -OCH3 is 1. The predicted molar refractivity (Wildman–Crippen MR) is 103 cm³/mol. The van der Waals surface area contributed by atoms with E-state index in [1.165, 1.54) is 0 Å². The highest BCUT2D eigenvalue weighted by molar-refractivity contribution is 6.09. The van der Waals surface area contributed by atoms with E-state index in [0.29, 0.717) is 37.4 Å². The maximum Gasteiger partial charge on any atom is 0.239 e. The van der Waals surface area contributed by atoms with Crippen LogP contribution in [-0.2, 0) is 16.0 Å². The van der Waals surface area contributed by atoms with E-state index in [-0.39, 0.29) is 18.6 Å². The van der Waals surface area contributed by atoms with Crippen molar-refractivity contribution in [3.63, 3.8) is 0 Å². The molecule has 0 aromatic heterocycles. The van der Waals surface area contributed by atoms with E-state index >= 15 is 0 Å². The van der Waals surface area contributed by atoms with Crippen molar-refractivity contribution < 1.29 is 23.8 Å². The van der Waals surface area contributed by atoms with Gasteiger partial charge in [0.25, 0.3) is 0 Å². The number of anilines is 1. The van der Waals surface area contributed by atoms with Gasteiger partial charge in [-0.25, -0.2) is 0 Å². The molecule has 146 valence electrons. The largest absolute Gasteiger partial charge is 0.497 e. The number of amides is 2. The van der Waals surface area contributed by atoms with Gasteiger partial charge in [-0.15, -0.1) is 0 Å². The van der Waals surface area contributed by atoms with Gasteiger partial charge in [0, 0.05) is 24.8 Å². The predicted octanol–water partition coefficient (Wildman–Crippen LogP) is 2.14. The van der Waals surface area contributed by atoms with E-state index in [9.17, 15) is 9.59 Å². The molecule has 28 heavy (non-hydrogen) atoms. The Bertz CT molecular complexity index is 881. The molecule has 7 heteroatoms. The average Bonchev–Trinajstić information content (AvgIpc) is 3.34. The highest BCUT2D eigenvalue weighted by Gasteiger charge is 2.37. The molecule has 1 atom stereocenters. The Labute approximate surface area is 163 Å². The minimum absolute atomic E-state index is 0.180. The molecule has 1 saturated heterocycles. The van der Waals surface area contributed by atoms with Crippen LogP contribution in [0.3, 0.4) is 0 Å². The molecule has 1 N–H and O–H groups in total. The van der Waals surface area contributed by atoms with Gasteiger partial charge >= 0.3 is 0 Å². The number of rotatable bonds is 6. The highest BCUT2D eigenvalue weighted by atomic mass is 16.7. The Morgan fingerprint density at radius 1 is 1.18 bits per heavy atom. The van der Waals surface area contributed by atoms with Gasteiger partial charge < -0.3 is 24.4 Å². The van der Waals surface area contributed by atoms with Gasteiger partial charge in [0.1, 0.15) is 11.7 Å². The monoisotopic (exact) mass is 382 g/mol. The Morgan fingerprint density at radius 2 is 1.96 bits per heavy atom. The lowest BCUT2D eigenvalue weighted by Gasteiger charge is -2.17. The van der Waals surface area contributed by atoms with Crippen LogP contribution < -0.4 is 24.4 Å². The fraction of sp³-hybridized carbons (Fsp3) is 0.333. The third kappa shape index (κ3) is 3.60. The summed E-state index contributed by atoms with van der Waals surface area (Å²) in [4.78, 5) is 26.9. The molecule has 0 radical (unpaired) electrons. The molecule has 0 aliphatic carbocycles. The summed E-state index contributed by atoms with van der Waals surface area (Å²) in [6, 6.07) is 13.1. The smallest absolute Gasteiger partial charge is 0.239 e. The van der Waals surface area contributed by atoms with Crippen LogP contribution in [0, 0.1) is 5.92 Å². The molecule has 0 saturated carbocycles. The van der Waals surface area contributed by atoms with Gasteiger partial charge in [-0.3, -0.25) is 9.59 Å². The maximum absolute atomic E-state index is 12.7. The maximum atomic E-state index is 12.7. The molecular weight excluding hydrogens is 360 g/mol. The van der Waals surface area contributed by atoms with Crippen molar-refractivity contribution in [3.8, 4) is 17.2 Å². The van der Waals surface area contributed by atoms with E-state index in [0.717, 1.165) is 17.0 Å². The molecule has 4 rings (SSSR count). The van der Waals surface area contributed by atoms with Crippen LogP contribution in [0.5, 0.6) is 17.2 Å². The Hall–Kier alpha value is -3.22. The summed E-state index contributed by atoms with van der Waals surface area (Å²) in [5, 5.41) is 2.88. The van der Waals surface area contributed by atoms with Gasteiger partial charge in [0.15, 0.2) is 11.5 Å². The van der Waals surface area contributed by atoms with Crippen LogP contribution in [-0.4, -0.2) is 38.8 Å². The van der Waals surface area contributed by atoms with Crippen molar-refractivity contribution in [3.05, 3.63) is 48.0 Å². The first-order valence-electron chi connectivity index (χ1n) is 9.27. The number of ether oxygens (including phenoxy) is 3. The van der Waals surface area contributed by atoms with Crippen molar-refractivity contribution in [2.75, 3.05) is 31.9 Å². The molecule has 1 fully saturated rings. The summed E-state index contributed by atoms with van der Waals surface area (Å²) in [6.07, 6.45) is 1.20. The Kier molecular flexibility index (Phi) is 5.06. The summed E-state index contributed by atoms with van der Waals surface area (Å²) < 4.78 is 15.8. The fourth-order valence-corrected chi connectivity index (χ4v) is 3.48. The highest BCUT2D eigenvalue weighted by Crippen LogP contribution is 2.37. The second-order valence-electron chi connectivity index (χ2n) is 6.76. The first-order valence-corrected chi connectivity index (χ1v) is 9.27. The van der Waals surface area contributed by atoms with E-state index in [4.69, 9.17) is 14.2 Å². The number of carbonyl (C=O) groups excluding carboxylic acids is 2. The molecule has 0 bridgehead atoms. The van der Waals surface area contributed by atoms with Crippen molar-refractivity contribution in [2.45, 2.75) is 12.8 Å². The summed E-state index contributed by atoms with van der Waals surface area (Å²) in [5.41, 5.74) is 1.82. The summed E-state index contributed by atoms with van der Waals surface area (Å²) in [5.74, 6) is 1.04. The van der Waals surface area contributed by atoms with Crippen LogP contribution in [0.2, 0.25) is 0 Å². The fourth-order valence-electron chi connectivity index (χ4n) is 3.48. The number of nitrogens with one attached hydrogen (secondary N) is 1. The number of hydrogen-bond donors (Lipinski definition) is 1. The third-order valence-corrected chi connectivity index (χ3v) is 5.06. The zero-order chi connectivity index (χ0) is 19.5. The lowest BCUT2D eigenvalue weighted by Crippen LogP contribution is -2.37. The van der Waals surface area contributed by atoms with Gasteiger partial charge in [0.05, 0.1) is 7.11 Å². The van der Waals surface area contributed by atoms with Crippen LogP contribution in [0.25, 0.3) is 0 Å². The van der Waals surface area contributed by atoms with E-state index in [1.807, 2.05) is 30.3 Å². The van der Waals surface area contributed by atoms with Gasteiger partial charge in [-0.05, 0) is 42.7 Å². The molecule has 2 aromatic rings. The van der Waals surface area contributed by atoms with Crippen LogP contribution in [0.1, 0.15) is 12.0 Å². The number of benzene rings is 2. The van der Waals surface area contributed by atoms with Crippen molar-refractivity contribution >= 4 is 17.5 Å². The summed E-state index contributed by atoms with van der Waals surface area (Å²) >= 11 is 0. The molecule has 2 aromatic carbocycles. The first kappa shape index (κ1) is 18.2. The zero-order valence-corrected chi connectivity index (χ0v) is 15.6. The molecular formula is C21H22N2O5. The van der Waals surface area contributed by atoms with E-state index < -0.39 is 5.92 Å². The molecule has 7 nitrogen and oxygen atoms in total. The van der Waals surface area contributed by atoms with E-state index in [1.54, 1.807) is 24.1 Å². The van der Waals surface area contributed by atoms with Crippen molar-refractivity contribution in [1.82, 2.24) is 5.32 Å². The number of hydrogen-bond acceptors (Lipinski definition) is 5. The molecule has 2 heterocycles. The van der Waals surface area contributed by atoms with Crippen molar-refractivity contribution in [1.29, 1.82) is 0 Å². The minimum Gasteiger partial charge on any atom is -0.497 e. The quantitative estimate of drug-likeness (QED) is 0.775. The topological polar surface area (TPSA) is 77.1 Å².